The van der Waals surface area contributed by atoms with Gasteiger partial charge in [-0.05, 0) is 19.3 Å². The van der Waals surface area contributed by atoms with Gasteiger partial charge in [0.25, 0.3) is 0 Å². The third-order valence-electron chi connectivity index (χ3n) is 2.32. The van der Waals surface area contributed by atoms with Crippen molar-refractivity contribution >= 4 is 11.8 Å². The SMILES string of the molecule is CC(C)NC(=O)CCNC(=O)C(N)C(C)(C)C. The van der Waals surface area contributed by atoms with Gasteiger partial charge in [-0.2, -0.15) is 0 Å². The first-order chi connectivity index (χ1) is 7.64. The van der Waals surface area contributed by atoms with E-state index < -0.39 is 6.04 Å². The number of carbonyl (C=O) groups excluding carboxylic acids is 2. The van der Waals surface area contributed by atoms with Crippen molar-refractivity contribution in [2.24, 2.45) is 11.1 Å². The minimum absolute atomic E-state index is 0.0652. The van der Waals surface area contributed by atoms with Gasteiger partial charge in [0.05, 0.1) is 6.04 Å². The average Bonchev–Trinajstić information content (AvgIpc) is 2.13. The second-order valence-electron chi connectivity index (χ2n) is 5.61. The number of nitrogens with two attached hydrogens (primary N) is 1. The fourth-order valence-corrected chi connectivity index (χ4v) is 1.20. The molecule has 0 radical (unpaired) electrons. The summed E-state index contributed by atoms with van der Waals surface area (Å²) < 4.78 is 0. The fourth-order valence-electron chi connectivity index (χ4n) is 1.20. The molecule has 1 atom stereocenters. The van der Waals surface area contributed by atoms with E-state index in [4.69, 9.17) is 5.73 Å². The van der Waals surface area contributed by atoms with E-state index in [1.54, 1.807) is 0 Å². The highest BCUT2D eigenvalue weighted by atomic mass is 16.2. The zero-order chi connectivity index (χ0) is 13.6. The Labute approximate surface area is 104 Å². The zero-order valence-corrected chi connectivity index (χ0v) is 11.5. The van der Waals surface area contributed by atoms with Crippen molar-refractivity contribution in [3.63, 3.8) is 0 Å². The largest absolute Gasteiger partial charge is 0.354 e. The van der Waals surface area contributed by atoms with E-state index in [1.807, 2.05) is 34.6 Å². The number of rotatable bonds is 5. The van der Waals surface area contributed by atoms with Crippen LogP contribution in [-0.2, 0) is 9.59 Å². The predicted molar refractivity (Wildman–Crippen MR) is 68.3 cm³/mol. The highest BCUT2D eigenvalue weighted by molar-refractivity contribution is 5.83. The normalized spacial score (nSPS) is 13.4. The minimum atomic E-state index is -0.560. The molecule has 0 aromatic rings. The highest BCUT2D eigenvalue weighted by Crippen LogP contribution is 2.16. The summed E-state index contributed by atoms with van der Waals surface area (Å²) in [6.45, 7) is 9.83. The van der Waals surface area contributed by atoms with E-state index in [2.05, 4.69) is 10.6 Å². The topological polar surface area (TPSA) is 84.2 Å². The van der Waals surface area contributed by atoms with Crippen LogP contribution < -0.4 is 16.4 Å². The lowest BCUT2D eigenvalue weighted by atomic mass is 9.87. The maximum absolute atomic E-state index is 11.6. The standard InChI is InChI=1S/C12H25N3O2/c1-8(2)15-9(16)6-7-14-11(17)10(13)12(3,4)5/h8,10H,6-7,13H2,1-5H3,(H,14,17)(H,15,16). The zero-order valence-electron chi connectivity index (χ0n) is 11.5. The molecule has 0 aliphatic carbocycles. The average molecular weight is 243 g/mol. The summed E-state index contributed by atoms with van der Waals surface area (Å²) in [6, 6.07) is -0.439. The molecule has 5 heteroatoms. The van der Waals surface area contributed by atoms with Crippen molar-refractivity contribution in [2.45, 2.75) is 53.1 Å². The summed E-state index contributed by atoms with van der Waals surface area (Å²) in [7, 11) is 0. The van der Waals surface area contributed by atoms with Gasteiger partial charge < -0.3 is 16.4 Å². The van der Waals surface area contributed by atoms with Crippen molar-refractivity contribution in [1.82, 2.24) is 10.6 Å². The Morgan fingerprint density at radius 3 is 2.18 bits per heavy atom. The number of amides is 2. The van der Waals surface area contributed by atoms with Crippen LogP contribution in [0.25, 0.3) is 0 Å². The molecule has 4 N–H and O–H groups in total. The summed E-state index contributed by atoms with van der Waals surface area (Å²) >= 11 is 0. The minimum Gasteiger partial charge on any atom is -0.354 e. The molecular formula is C12H25N3O2. The van der Waals surface area contributed by atoms with Gasteiger partial charge in [-0.15, -0.1) is 0 Å². The van der Waals surface area contributed by atoms with E-state index in [-0.39, 0.29) is 29.7 Å². The maximum Gasteiger partial charge on any atom is 0.237 e. The van der Waals surface area contributed by atoms with Crippen molar-refractivity contribution < 1.29 is 9.59 Å². The van der Waals surface area contributed by atoms with Gasteiger partial charge in [0.2, 0.25) is 11.8 Å². The van der Waals surface area contributed by atoms with Gasteiger partial charge in [0, 0.05) is 19.0 Å². The van der Waals surface area contributed by atoms with Crippen LogP contribution in [0.1, 0.15) is 41.0 Å². The molecule has 0 bridgehead atoms. The second kappa shape index (κ2) is 6.59. The summed E-state index contributed by atoms with van der Waals surface area (Å²) in [6.07, 6.45) is 0.279. The molecule has 0 saturated heterocycles. The van der Waals surface area contributed by atoms with E-state index in [0.29, 0.717) is 6.54 Å². The maximum atomic E-state index is 11.6. The lowest BCUT2D eigenvalue weighted by molar-refractivity contribution is -0.124. The van der Waals surface area contributed by atoms with Crippen molar-refractivity contribution in [1.29, 1.82) is 0 Å². The Balaban J connectivity index is 3.90. The molecule has 2 amide bonds. The quantitative estimate of drug-likeness (QED) is 0.653. The Kier molecular flexibility index (Phi) is 6.16. The number of nitrogens with one attached hydrogen (secondary N) is 2. The lowest BCUT2D eigenvalue weighted by Gasteiger charge is -2.25. The first-order valence-electron chi connectivity index (χ1n) is 5.97. The molecule has 0 rings (SSSR count). The molecule has 0 aromatic heterocycles. The molecule has 0 aliphatic rings. The molecule has 17 heavy (non-hydrogen) atoms. The van der Waals surface area contributed by atoms with E-state index in [1.165, 1.54) is 0 Å². The van der Waals surface area contributed by atoms with Crippen LogP contribution in [0.15, 0.2) is 0 Å². The Morgan fingerprint density at radius 2 is 1.76 bits per heavy atom. The molecule has 0 heterocycles. The molecule has 0 aliphatic heterocycles. The van der Waals surface area contributed by atoms with Gasteiger partial charge in [0.15, 0.2) is 0 Å². The molecule has 0 saturated carbocycles. The lowest BCUT2D eigenvalue weighted by Crippen LogP contribution is -2.49. The first-order valence-corrected chi connectivity index (χ1v) is 5.97. The third kappa shape index (κ3) is 6.94. The van der Waals surface area contributed by atoms with Crippen LogP contribution in [-0.4, -0.2) is 30.4 Å². The molecule has 5 nitrogen and oxygen atoms in total. The number of hydrogen-bond donors (Lipinski definition) is 3. The Bertz CT molecular complexity index is 269. The van der Waals surface area contributed by atoms with Crippen LogP contribution >= 0.6 is 0 Å². The van der Waals surface area contributed by atoms with Crippen LogP contribution in [0.4, 0.5) is 0 Å². The van der Waals surface area contributed by atoms with E-state index in [0.717, 1.165) is 0 Å². The van der Waals surface area contributed by atoms with Crippen LogP contribution in [0.5, 0.6) is 0 Å². The fraction of sp³-hybridized carbons (Fsp3) is 0.833. The van der Waals surface area contributed by atoms with Crippen molar-refractivity contribution in [2.75, 3.05) is 6.54 Å². The first kappa shape index (κ1) is 15.9. The summed E-state index contributed by atoms with van der Waals surface area (Å²) in [5, 5.41) is 5.42. The summed E-state index contributed by atoms with van der Waals surface area (Å²) in [5.74, 6) is -0.278. The van der Waals surface area contributed by atoms with Gasteiger partial charge in [-0.1, -0.05) is 20.8 Å². The van der Waals surface area contributed by atoms with Gasteiger partial charge in [-0.3, -0.25) is 9.59 Å². The van der Waals surface area contributed by atoms with Crippen LogP contribution in [0.2, 0.25) is 0 Å². The predicted octanol–water partition coefficient (Wildman–Crippen LogP) is 0.391. The van der Waals surface area contributed by atoms with E-state index >= 15 is 0 Å². The van der Waals surface area contributed by atoms with Crippen LogP contribution in [0.3, 0.4) is 0 Å². The summed E-state index contributed by atoms with van der Waals surface area (Å²) in [4.78, 5) is 22.9. The van der Waals surface area contributed by atoms with Crippen molar-refractivity contribution in [3.8, 4) is 0 Å². The number of carbonyl (C=O) groups is 2. The third-order valence-corrected chi connectivity index (χ3v) is 2.32. The summed E-state index contributed by atoms with van der Waals surface area (Å²) in [5.41, 5.74) is 5.51. The van der Waals surface area contributed by atoms with Gasteiger partial charge in [-0.25, -0.2) is 0 Å². The molecule has 0 spiro atoms. The smallest absolute Gasteiger partial charge is 0.237 e. The molecule has 0 fully saturated rings. The van der Waals surface area contributed by atoms with Gasteiger partial charge in [0.1, 0.15) is 0 Å². The highest BCUT2D eigenvalue weighted by Gasteiger charge is 2.27. The van der Waals surface area contributed by atoms with Crippen molar-refractivity contribution in [3.05, 3.63) is 0 Å². The molecule has 0 aromatic carbocycles. The Morgan fingerprint density at radius 1 is 1.24 bits per heavy atom. The molecular weight excluding hydrogens is 218 g/mol. The number of hydrogen-bond acceptors (Lipinski definition) is 3. The molecule has 100 valence electrons. The Hall–Kier alpha value is -1.10. The van der Waals surface area contributed by atoms with Gasteiger partial charge >= 0.3 is 0 Å². The van der Waals surface area contributed by atoms with Crippen LogP contribution in [0, 0.1) is 5.41 Å². The monoisotopic (exact) mass is 243 g/mol. The molecule has 1 unspecified atom stereocenters. The second-order valence-corrected chi connectivity index (χ2v) is 5.61. The van der Waals surface area contributed by atoms with E-state index in [9.17, 15) is 9.59 Å².